The van der Waals surface area contributed by atoms with Crippen LogP contribution < -0.4 is 4.90 Å². The Labute approximate surface area is 156 Å². The predicted octanol–water partition coefficient (Wildman–Crippen LogP) is 3.92. The summed E-state index contributed by atoms with van der Waals surface area (Å²) >= 11 is 3.20. The lowest BCUT2D eigenvalue weighted by Crippen LogP contribution is -2.37. The highest BCUT2D eigenvalue weighted by Gasteiger charge is 2.20. The van der Waals surface area contributed by atoms with E-state index in [-0.39, 0.29) is 18.3 Å². The molecule has 1 amide bonds. The van der Waals surface area contributed by atoms with Crippen LogP contribution in [0.4, 0.5) is 5.13 Å². The number of rotatable bonds is 6. The van der Waals surface area contributed by atoms with E-state index in [4.69, 9.17) is 0 Å². The number of anilines is 1. The Balaban J connectivity index is 0.00000208. The van der Waals surface area contributed by atoms with Gasteiger partial charge < -0.3 is 4.90 Å². The molecule has 0 N–H and O–H groups in total. The summed E-state index contributed by atoms with van der Waals surface area (Å²) in [5, 5.41) is 2.79. The molecule has 0 fully saturated rings. The topological polar surface area (TPSA) is 36.4 Å². The molecule has 0 aliphatic heterocycles. The first-order chi connectivity index (χ1) is 11.1. The van der Waals surface area contributed by atoms with Crippen molar-refractivity contribution in [1.82, 2.24) is 9.88 Å². The third kappa shape index (κ3) is 4.54. The van der Waals surface area contributed by atoms with Crippen LogP contribution in [0.15, 0.2) is 41.8 Å². The average Bonchev–Trinajstić information content (AvgIpc) is 3.15. The van der Waals surface area contributed by atoms with E-state index in [2.05, 4.69) is 9.88 Å². The Kier molecular flexibility index (Phi) is 6.74. The fourth-order valence-electron chi connectivity index (χ4n) is 2.26. The fourth-order valence-corrected chi connectivity index (χ4v) is 3.96. The molecule has 0 bridgehead atoms. The number of benzene rings is 1. The van der Waals surface area contributed by atoms with Crippen LogP contribution in [0.3, 0.4) is 0 Å². The number of hydrogen-bond donors (Lipinski definition) is 0. The van der Waals surface area contributed by atoms with Gasteiger partial charge in [0.1, 0.15) is 0 Å². The molecule has 0 aliphatic rings. The number of likely N-dealkylation sites (N-methyl/N-ethyl adjacent to an activating group) is 1. The van der Waals surface area contributed by atoms with Crippen molar-refractivity contribution >= 4 is 56.3 Å². The average molecular weight is 382 g/mol. The molecule has 0 atom stereocenters. The van der Waals surface area contributed by atoms with Crippen LogP contribution in [0, 0.1) is 0 Å². The maximum Gasteiger partial charge on any atom is 0.234 e. The number of fused-ring (bicyclic) bond motifs is 1. The summed E-state index contributed by atoms with van der Waals surface area (Å²) in [6, 6.07) is 12.0. The third-order valence-electron chi connectivity index (χ3n) is 3.49. The SMILES string of the molecule is CN(C)CCN(C(=O)Cc1cccs1)c1nc2ccccc2s1.Cl. The van der Waals surface area contributed by atoms with Gasteiger partial charge in [-0.2, -0.15) is 0 Å². The second kappa shape index (κ2) is 8.58. The number of halogens is 1. The summed E-state index contributed by atoms with van der Waals surface area (Å²) in [5.41, 5.74) is 0.950. The molecular formula is C17H20ClN3OS2. The van der Waals surface area contributed by atoms with Crippen LogP contribution in [-0.2, 0) is 11.2 Å². The molecule has 0 unspecified atom stereocenters. The van der Waals surface area contributed by atoms with Gasteiger partial charge >= 0.3 is 0 Å². The normalized spacial score (nSPS) is 10.8. The number of para-hydroxylation sites is 1. The summed E-state index contributed by atoms with van der Waals surface area (Å²) in [6.07, 6.45) is 0.432. The van der Waals surface area contributed by atoms with Gasteiger partial charge in [0.25, 0.3) is 0 Å². The van der Waals surface area contributed by atoms with Gasteiger partial charge in [0, 0.05) is 18.0 Å². The van der Waals surface area contributed by atoms with Gasteiger partial charge in [0.2, 0.25) is 5.91 Å². The Morgan fingerprint density at radius 2 is 1.92 bits per heavy atom. The summed E-state index contributed by atoms with van der Waals surface area (Å²) in [6.45, 7) is 1.46. The summed E-state index contributed by atoms with van der Waals surface area (Å²) < 4.78 is 1.11. The molecule has 24 heavy (non-hydrogen) atoms. The van der Waals surface area contributed by atoms with E-state index in [1.165, 1.54) is 0 Å². The van der Waals surface area contributed by atoms with Gasteiger partial charge in [-0.15, -0.1) is 23.7 Å². The number of carbonyl (C=O) groups is 1. The Bertz CT molecular complexity index is 753. The van der Waals surface area contributed by atoms with Crippen molar-refractivity contribution in [2.75, 3.05) is 32.1 Å². The molecule has 7 heteroatoms. The molecule has 1 aromatic carbocycles. The van der Waals surface area contributed by atoms with E-state index in [0.717, 1.165) is 26.8 Å². The Morgan fingerprint density at radius 3 is 2.58 bits per heavy atom. The second-order valence-electron chi connectivity index (χ2n) is 5.57. The molecular weight excluding hydrogens is 362 g/mol. The molecule has 0 radical (unpaired) electrons. The minimum atomic E-state index is 0. The molecule has 0 spiro atoms. The lowest BCUT2D eigenvalue weighted by molar-refractivity contribution is -0.118. The van der Waals surface area contributed by atoms with Crippen molar-refractivity contribution in [2.45, 2.75) is 6.42 Å². The van der Waals surface area contributed by atoms with E-state index >= 15 is 0 Å². The van der Waals surface area contributed by atoms with Crippen molar-refractivity contribution in [2.24, 2.45) is 0 Å². The van der Waals surface area contributed by atoms with Gasteiger partial charge in [-0.1, -0.05) is 29.5 Å². The zero-order valence-corrected chi connectivity index (χ0v) is 16.1. The van der Waals surface area contributed by atoms with E-state index in [1.54, 1.807) is 22.7 Å². The summed E-state index contributed by atoms with van der Waals surface area (Å²) in [7, 11) is 4.03. The van der Waals surface area contributed by atoms with E-state index < -0.39 is 0 Å². The van der Waals surface area contributed by atoms with Crippen molar-refractivity contribution < 1.29 is 4.79 Å². The number of carbonyl (C=O) groups excluding carboxylic acids is 1. The number of thiophene rings is 1. The van der Waals surface area contributed by atoms with Crippen molar-refractivity contribution in [3.8, 4) is 0 Å². The molecule has 0 saturated heterocycles. The highest BCUT2D eigenvalue weighted by Crippen LogP contribution is 2.29. The number of hydrogen-bond acceptors (Lipinski definition) is 5. The molecule has 0 saturated carbocycles. The third-order valence-corrected chi connectivity index (χ3v) is 5.43. The molecule has 128 valence electrons. The van der Waals surface area contributed by atoms with Gasteiger partial charge in [0.05, 0.1) is 16.6 Å². The molecule has 2 aromatic heterocycles. The maximum atomic E-state index is 12.8. The van der Waals surface area contributed by atoms with Crippen LogP contribution in [0.25, 0.3) is 10.2 Å². The minimum absolute atomic E-state index is 0. The number of thiazole rings is 1. The molecule has 2 heterocycles. The Hall–Kier alpha value is -1.47. The summed E-state index contributed by atoms with van der Waals surface area (Å²) in [4.78, 5) is 22.4. The first kappa shape index (κ1) is 18.9. The molecule has 3 rings (SSSR count). The minimum Gasteiger partial charge on any atom is -0.308 e. The van der Waals surface area contributed by atoms with Crippen LogP contribution >= 0.6 is 35.1 Å². The van der Waals surface area contributed by atoms with Crippen LogP contribution in [-0.4, -0.2) is 43.0 Å². The summed E-state index contributed by atoms with van der Waals surface area (Å²) in [5.74, 6) is 0.105. The van der Waals surface area contributed by atoms with Gasteiger partial charge in [-0.25, -0.2) is 4.98 Å². The van der Waals surface area contributed by atoms with E-state index in [0.29, 0.717) is 13.0 Å². The molecule has 3 aromatic rings. The number of amides is 1. The fraction of sp³-hybridized carbons (Fsp3) is 0.294. The monoisotopic (exact) mass is 381 g/mol. The van der Waals surface area contributed by atoms with Crippen LogP contribution in [0.1, 0.15) is 4.88 Å². The highest BCUT2D eigenvalue weighted by molar-refractivity contribution is 7.22. The van der Waals surface area contributed by atoms with E-state index in [1.807, 2.05) is 60.8 Å². The lowest BCUT2D eigenvalue weighted by Gasteiger charge is -2.21. The first-order valence-electron chi connectivity index (χ1n) is 7.46. The van der Waals surface area contributed by atoms with Crippen LogP contribution in [0.5, 0.6) is 0 Å². The zero-order chi connectivity index (χ0) is 16.2. The Morgan fingerprint density at radius 1 is 1.12 bits per heavy atom. The van der Waals surface area contributed by atoms with Gasteiger partial charge in [0.15, 0.2) is 5.13 Å². The van der Waals surface area contributed by atoms with Gasteiger partial charge in [-0.05, 0) is 37.7 Å². The largest absolute Gasteiger partial charge is 0.308 e. The number of nitrogens with zero attached hydrogens (tertiary/aromatic N) is 3. The van der Waals surface area contributed by atoms with E-state index in [9.17, 15) is 4.79 Å². The smallest absolute Gasteiger partial charge is 0.234 e. The van der Waals surface area contributed by atoms with Crippen LogP contribution in [0.2, 0.25) is 0 Å². The molecule has 4 nitrogen and oxygen atoms in total. The van der Waals surface area contributed by atoms with Crippen molar-refractivity contribution in [3.63, 3.8) is 0 Å². The predicted molar refractivity (Wildman–Crippen MR) is 106 cm³/mol. The first-order valence-corrected chi connectivity index (χ1v) is 9.16. The number of aromatic nitrogens is 1. The zero-order valence-electron chi connectivity index (χ0n) is 13.6. The standard InChI is InChI=1S/C17H19N3OS2.ClH/c1-19(2)9-10-20(16(21)12-13-6-5-11-22-13)17-18-14-7-3-4-8-15(14)23-17;/h3-8,11H,9-10,12H2,1-2H3;1H. The second-order valence-corrected chi connectivity index (χ2v) is 7.61. The van der Waals surface area contributed by atoms with Crippen molar-refractivity contribution in [3.05, 3.63) is 46.7 Å². The quantitative estimate of drug-likeness (QED) is 0.649. The lowest BCUT2D eigenvalue weighted by atomic mass is 10.3. The van der Waals surface area contributed by atoms with Crippen molar-refractivity contribution in [1.29, 1.82) is 0 Å². The molecule has 0 aliphatic carbocycles. The highest BCUT2D eigenvalue weighted by atomic mass is 35.5. The maximum absolute atomic E-state index is 12.8. The van der Waals surface area contributed by atoms with Gasteiger partial charge in [-0.3, -0.25) is 9.69 Å².